The normalized spacial score (nSPS) is 10.3. The van der Waals surface area contributed by atoms with Gasteiger partial charge in [-0.1, -0.05) is 29.3 Å². The Labute approximate surface area is 109 Å². The lowest BCUT2D eigenvalue weighted by Crippen LogP contribution is -1.99. The number of nitrogens with zero attached hydrogens (tertiary/aromatic N) is 2. The van der Waals surface area contributed by atoms with Gasteiger partial charge in [-0.2, -0.15) is 0 Å². The Morgan fingerprint density at radius 3 is 2.41 bits per heavy atom. The van der Waals surface area contributed by atoms with Crippen LogP contribution >= 0.6 is 23.2 Å². The second-order valence-corrected chi connectivity index (χ2v) is 4.30. The first-order chi connectivity index (χ1) is 8.16. The molecule has 1 heterocycles. The lowest BCUT2D eigenvalue weighted by Gasteiger charge is -2.08. The number of ether oxygens (including phenoxy) is 1. The first-order valence-corrected chi connectivity index (χ1v) is 5.77. The average molecular weight is 269 g/mol. The summed E-state index contributed by atoms with van der Waals surface area (Å²) < 4.78 is 5.47. The fraction of sp³-hybridized carbons (Fsp3) is 0.167. The van der Waals surface area contributed by atoms with Crippen molar-refractivity contribution in [1.29, 1.82) is 0 Å². The molecule has 0 radical (unpaired) electrons. The number of aryl methyl sites for hydroxylation is 1. The van der Waals surface area contributed by atoms with Gasteiger partial charge in [-0.3, -0.25) is 4.98 Å². The molecule has 2 aromatic rings. The van der Waals surface area contributed by atoms with Crippen molar-refractivity contribution in [3.8, 4) is 5.88 Å². The molecular formula is C12H10Cl2N2O. The van der Waals surface area contributed by atoms with Gasteiger partial charge in [0.25, 0.3) is 0 Å². The molecular weight excluding hydrogens is 259 g/mol. The van der Waals surface area contributed by atoms with E-state index < -0.39 is 0 Å². The zero-order chi connectivity index (χ0) is 12.3. The molecule has 0 saturated heterocycles. The van der Waals surface area contributed by atoms with E-state index in [-0.39, 0.29) is 6.61 Å². The summed E-state index contributed by atoms with van der Waals surface area (Å²) in [4.78, 5) is 8.16. The summed E-state index contributed by atoms with van der Waals surface area (Å²) in [6, 6.07) is 5.33. The second kappa shape index (κ2) is 5.34. The molecule has 3 nitrogen and oxygen atoms in total. The van der Waals surface area contributed by atoms with Crippen LogP contribution in [-0.2, 0) is 6.61 Å². The smallest absolute Gasteiger partial charge is 0.232 e. The predicted octanol–water partition coefficient (Wildman–Crippen LogP) is 3.67. The Morgan fingerprint density at radius 1 is 1.12 bits per heavy atom. The van der Waals surface area contributed by atoms with Crippen LogP contribution in [0.5, 0.6) is 5.88 Å². The van der Waals surface area contributed by atoms with E-state index in [1.807, 2.05) is 6.92 Å². The number of halogens is 2. The number of aromatic nitrogens is 2. The maximum absolute atomic E-state index is 6.02. The molecule has 0 aliphatic carbocycles. The molecule has 2 rings (SSSR count). The Kier molecular flexibility index (Phi) is 3.82. The Bertz CT molecular complexity index is 494. The number of rotatable bonds is 3. The van der Waals surface area contributed by atoms with Crippen LogP contribution in [0.3, 0.4) is 0 Å². The summed E-state index contributed by atoms with van der Waals surface area (Å²) in [5.74, 6) is 0.451. The molecule has 0 N–H and O–H groups in total. The molecule has 1 aromatic carbocycles. The highest BCUT2D eigenvalue weighted by atomic mass is 35.5. The van der Waals surface area contributed by atoms with Crippen molar-refractivity contribution in [3.63, 3.8) is 0 Å². The zero-order valence-electron chi connectivity index (χ0n) is 9.15. The van der Waals surface area contributed by atoms with Crippen LogP contribution in [0.25, 0.3) is 0 Å². The van der Waals surface area contributed by atoms with Crippen molar-refractivity contribution < 1.29 is 4.74 Å². The van der Waals surface area contributed by atoms with Crippen molar-refractivity contribution >= 4 is 23.2 Å². The van der Waals surface area contributed by atoms with Gasteiger partial charge in [-0.05, 0) is 19.1 Å². The standard InChI is InChI=1S/C12H10Cl2N2O/c1-8-5-16-12(6-15-8)17-7-9-10(13)3-2-4-11(9)14/h2-6H,7H2,1H3. The van der Waals surface area contributed by atoms with Crippen molar-refractivity contribution in [2.75, 3.05) is 0 Å². The summed E-state index contributed by atoms with van der Waals surface area (Å²) in [7, 11) is 0. The van der Waals surface area contributed by atoms with Crippen molar-refractivity contribution in [2.45, 2.75) is 13.5 Å². The molecule has 0 amide bonds. The SMILES string of the molecule is Cc1cnc(OCc2c(Cl)cccc2Cl)cn1. The summed E-state index contributed by atoms with van der Waals surface area (Å²) in [6.07, 6.45) is 3.21. The molecule has 0 aliphatic rings. The van der Waals surface area contributed by atoms with E-state index in [0.717, 1.165) is 11.3 Å². The minimum Gasteiger partial charge on any atom is -0.472 e. The number of hydrogen-bond donors (Lipinski definition) is 0. The van der Waals surface area contributed by atoms with E-state index >= 15 is 0 Å². The zero-order valence-corrected chi connectivity index (χ0v) is 10.7. The lowest BCUT2D eigenvalue weighted by atomic mass is 10.2. The highest BCUT2D eigenvalue weighted by molar-refractivity contribution is 6.35. The minimum atomic E-state index is 0.274. The molecule has 0 fully saturated rings. The molecule has 0 bridgehead atoms. The topological polar surface area (TPSA) is 35.0 Å². The van der Waals surface area contributed by atoms with Gasteiger partial charge in [0.15, 0.2) is 0 Å². The third-order valence-electron chi connectivity index (χ3n) is 2.18. The first kappa shape index (κ1) is 12.1. The predicted molar refractivity (Wildman–Crippen MR) is 67.6 cm³/mol. The Balaban J connectivity index is 2.10. The van der Waals surface area contributed by atoms with E-state index in [0.29, 0.717) is 15.9 Å². The van der Waals surface area contributed by atoms with Crippen molar-refractivity contribution in [2.24, 2.45) is 0 Å². The summed E-state index contributed by atoms with van der Waals surface area (Å²) in [5.41, 5.74) is 1.59. The largest absolute Gasteiger partial charge is 0.472 e. The van der Waals surface area contributed by atoms with Gasteiger partial charge in [0.05, 0.1) is 18.1 Å². The van der Waals surface area contributed by atoms with Crippen molar-refractivity contribution in [3.05, 3.63) is 51.9 Å². The Morgan fingerprint density at radius 2 is 1.82 bits per heavy atom. The summed E-state index contributed by atoms with van der Waals surface area (Å²) in [5, 5.41) is 1.16. The summed E-state index contributed by atoms with van der Waals surface area (Å²) >= 11 is 12.0. The number of hydrogen-bond acceptors (Lipinski definition) is 3. The van der Waals surface area contributed by atoms with Crippen LogP contribution in [0.2, 0.25) is 10.0 Å². The second-order valence-electron chi connectivity index (χ2n) is 3.48. The quantitative estimate of drug-likeness (QED) is 0.852. The molecule has 0 unspecified atom stereocenters. The average Bonchev–Trinajstić information content (AvgIpc) is 2.31. The van der Waals surface area contributed by atoms with Crippen LogP contribution in [0, 0.1) is 6.92 Å². The van der Waals surface area contributed by atoms with Crippen LogP contribution in [0.4, 0.5) is 0 Å². The molecule has 0 spiro atoms. The fourth-order valence-corrected chi connectivity index (χ4v) is 1.78. The third kappa shape index (κ3) is 3.08. The van der Waals surface area contributed by atoms with Gasteiger partial charge < -0.3 is 4.74 Å². The van der Waals surface area contributed by atoms with Gasteiger partial charge in [-0.25, -0.2) is 4.98 Å². The van der Waals surface area contributed by atoms with Crippen LogP contribution < -0.4 is 4.74 Å². The molecule has 0 atom stereocenters. The minimum absolute atomic E-state index is 0.274. The van der Waals surface area contributed by atoms with Gasteiger partial charge >= 0.3 is 0 Å². The monoisotopic (exact) mass is 268 g/mol. The maximum Gasteiger partial charge on any atom is 0.232 e. The third-order valence-corrected chi connectivity index (χ3v) is 2.89. The van der Waals surface area contributed by atoms with Gasteiger partial charge in [-0.15, -0.1) is 0 Å². The number of benzene rings is 1. The van der Waals surface area contributed by atoms with E-state index in [9.17, 15) is 0 Å². The molecule has 5 heteroatoms. The maximum atomic E-state index is 6.02. The first-order valence-electron chi connectivity index (χ1n) is 5.01. The van der Waals surface area contributed by atoms with Gasteiger partial charge in [0.2, 0.25) is 5.88 Å². The molecule has 0 saturated carbocycles. The van der Waals surface area contributed by atoms with Crippen molar-refractivity contribution in [1.82, 2.24) is 9.97 Å². The highest BCUT2D eigenvalue weighted by Crippen LogP contribution is 2.25. The van der Waals surface area contributed by atoms with Gasteiger partial charge in [0, 0.05) is 15.6 Å². The van der Waals surface area contributed by atoms with Gasteiger partial charge in [0.1, 0.15) is 6.61 Å². The van der Waals surface area contributed by atoms with Crippen LogP contribution in [0.1, 0.15) is 11.3 Å². The lowest BCUT2D eigenvalue weighted by molar-refractivity contribution is 0.292. The summed E-state index contributed by atoms with van der Waals surface area (Å²) in [6.45, 7) is 2.14. The van der Waals surface area contributed by atoms with E-state index in [2.05, 4.69) is 9.97 Å². The Hall–Kier alpha value is -1.32. The van der Waals surface area contributed by atoms with E-state index in [1.54, 1.807) is 30.6 Å². The van der Waals surface area contributed by atoms with Crippen LogP contribution in [0.15, 0.2) is 30.6 Å². The molecule has 88 valence electrons. The molecule has 1 aromatic heterocycles. The van der Waals surface area contributed by atoms with E-state index in [4.69, 9.17) is 27.9 Å². The van der Waals surface area contributed by atoms with Crippen LogP contribution in [-0.4, -0.2) is 9.97 Å². The highest BCUT2D eigenvalue weighted by Gasteiger charge is 2.06. The molecule has 0 aliphatic heterocycles. The van der Waals surface area contributed by atoms with E-state index in [1.165, 1.54) is 0 Å². The molecule has 17 heavy (non-hydrogen) atoms. The fourth-order valence-electron chi connectivity index (χ4n) is 1.27.